The maximum atomic E-state index is 13.7. The van der Waals surface area contributed by atoms with E-state index >= 15 is 0 Å². The number of amides is 4. The second kappa shape index (κ2) is 37.8. The minimum Gasteiger partial charge on any atom is -0.496 e. The Balaban J connectivity index is 0.000000202. The number of benzene rings is 5. The van der Waals surface area contributed by atoms with Crippen LogP contribution in [0.1, 0.15) is 161 Å². The molecule has 1 fully saturated rings. The largest absolute Gasteiger partial charge is 0.496 e. The van der Waals surface area contributed by atoms with Crippen LogP contribution in [0.2, 0.25) is 0 Å². The highest BCUT2D eigenvalue weighted by molar-refractivity contribution is 5.89. The molecule has 9 aromatic rings. The fraction of sp³-hybridized carbons (Fsp3) is 0.357. The smallest absolute Gasteiger partial charge is 0.305 e. The van der Waals surface area contributed by atoms with Gasteiger partial charge in [0.1, 0.15) is 24.4 Å². The average Bonchev–Trinajstić information content (AvgIpc) is 0.801. The number of hydrogen-bond donors (Lipinski definition) is 6. The molecule has 1 aliphatic heterocycles. The van der Waals surface area contributed by atoms with E-state index in [1.165, 1.54) is 21.5 Å². The molecule has 4 aromatic heterocycles. The molecule has 4 amide bonds. The first-order valence-corrected chi connectivity index (χ1v) is 35.9. The summed E-state index contributed by atoms with van der Waals surface area (Å²) in [5.74, 6) is -2.94. The summed E-state index contributed by atoms with van der Waals surface area (Å²) in [6, 6.07) is 37.1. The molecule has 5 aromatic carbocycles. The summed E-state index contributed by atoms with van der Waals surface area (Å²) < 4.78 is 8.12. The number of aryl methyl sites for hydroxylation is 5. The fourth-order valence-corrected chi connectivity index (χ4v) is 13.7. The summed E-state index contributed by atoms with van der Waals surface area (Å²) in [6.07, 6.45) is 13.0. The first kappa shape index (κ1) is 80.3. The van der Waals surface area contributed by atoms with Crippen molar-refractivity contribution < 1.29 is 53.6 Å². The van der Waals surface area contributed by atoms with Crippen LogP contribution in [0, 0.1) is 52.4 Å². The van der Waals surface area contributed by atoms with Crippen LogP contribution in [0.3, 0.4) is 0 Å². The van der Waals surface area contributed by atoms with Gasteiger partial charge in [-0.2, -0.15) is 0 Å². The van der Waals surface area contributed by atoms with Crippen molar-refractivity contribution in [1.82, 2.24) is 44.9 Å². The number of ether oxygens (including phenoxy) is 1. The van der Waals surface area contributed by atoms with Crippen molar-refractivity contribution in [2.75, 3.05) is 13.7 Å². The maximum absolute atomic E-state index is 13.7. The molecule has 10 rings (SSSR count). The zero-order valence-electron chi connectivity index (χ0n) is 62.2. The van der Waals surface area contributed by atoms with E-state index in [9.17, 15) is 58.5 Å². The number of para-hydroxylation sites is 2. The number of nitrogens with zero attached hydrogens (tertiary/aromatic N) is 6. The highest BCUT2D eigenvalue weighted by Crippen LogP contribution is 2.35. The average molecular weight is 1440 g/mol. The zero-order chi connectivity index (χ0) is 76.9. The molecule has 5 heterocycles. The Morgan fingerprint density at radius 1 is 0.575 bits per heavy atom. The lowest BCUT2D eigenvalue weighted by molar-refractivity contribution is -0.145. The molecule has 6 atom stereocenters. The number of fused-ring (bicyclic) bond motifs is 1. The maximum Gasteiger partial charge on any atom is 0.305 e. The summed E-state index contributed by atoms with van der Waals surface area (Å²) in [5, 5.41) is 37.8. The SMILES string of the molecule is CCCC1CCC(=O)N([C@H](CC(C)C)C(=O)N[C@@H](CC(=O)O)c2cncc(-c3c(C)cccc3C)c2)C1.COc1ccccc1-c1cccc([C@H](CC(=O)O)NC(=O)[C@H](CC(C)C)n2cnc3ccccc3c2=O)c1.Cc1ccn(CC(=O)N[C@@H](CC(=O)O)c2cncc(-c3c(C)cccc3C)c2)c(=O)c1. The summed E-state index contributed by atoms with van der Waals surface area (Å²) in [4.78, 5) is 128. The van der Waals surface area contributed by atoms with Crippen LogP contribution in [0.5, 0.6) is 5.75 Å². The van der Waals surface area contributed by atoms with Gasteiger partial charge in [0.15, 0.2) is 0 Å². The van der Waals surface area contributed by atoms with Crippen molar-refractivity contribution in [3.05, 3.63) is 236 Å². The standard InChI is InChI=1S/C30H31N3O5.C30H41N3O4.C24H25N3O4/c1-19(2)15-26(33-18-31-24-13-6-4-12-23(24)30(33)37)29(36)32-25(17-28(34)35)21-10-8-9-20(16-21)22-11-5-7-14-27(22)38-3;1-6-8-22-11-12-27(34)33(18-22)26(13-19(2)3)30(37)32-25(15-28(35)36)23-14-24(17-31-16-23)29-20(4)9-7-10-21(29)5;1-15-7-8-27(22(29)9-15)14-21(28)26-20(11-23(30)31)18-10-19(13-25-12-18)24-16(2)5-4-6-17(24)3/h4-14,16,18-19,25-26H,15,17H2,1-3H3,(H,32,36)(H,34,35);7,9-10,14,16-17,19,22,25-26H,6,8,11-13,15,18H2,1-5H3,(H,32,37)(H,35,36);4-10,12-13,20H,11,14H2,1-3H3,(H,26,28)(H,30,31)/t25-,26-;22?,25-,26+;20-/m000/s1. The number of carbonyl (C=O) groups is 7. The normalized spacial score (nSPS) is 14.1. The number of methoxy groups -OCH3 is 1. The number of hydrogen-bond acceptors (Lipinski definition) is 13. The lowest BCUT2D eigenvalue weighted by Gasteiger charge is -2.38. The van der Waals surface area contributed by atoms with Gasteiger partial charge in [0, 0.05) is 66.7 Å². The molecule has 1 unspecified atom stereocenters. The van der Waals surface area contributed by atoms with Crippen molar-refractivity contribution in [1.29, 1.82) is 0 Å². The third-order valence-electron chi connectivity index (χ3n) is 18.8. The Hall–Kier alpha value is -11.4. The van der Waals surface area contributed by atoms with E-state index < -0.39 is 59.9 Å². The van der Waals surface area contributed by atoms with Crippen LogP contribution in [0.4, 0.5) is 0 Å². The van der Waals surface area contributed by atoms with Gasteiger partial charge < -0.3 is 45.5 Å². The van der Waals surface area contributed by atoms with Crippen molar-refractivity contribution in [3.63, 3.8) is 0 Å². The third-order valence-corrected chi connectivity index (χ3v) is 18.8. The number of rotatable bonds is 28. The number of piperidine rings is 1. The van der Waals surface area contributed by atoms with Crippen LogP contribution in [0.25, 0.3) is 44.3 Å². The number of carbonyl (C=O) groups excluding carboxylic acids is 4. The van der Waals surface area contributed by atoms with Gasteiger partial charge >= 0.3 is 17.9 Å². The predicted octanol–water partition coefficient (Wildman–Crippen LogP) is 13.6. The second-order valence-corrected chi connectivity index (χ2v) is 28.1. The second-order valence-electron chi connectivity index (χ2n) is 28.1. The summed E-state index contributed by atoms with van der Waals surface area (Å²) in [5.41, 5.74) is 12.5. The number of pyridine rings is 3. The first-order chi connectivity index (χ1) is 50.6. The van der Waals surface area contributed by atoms with Gasteiger partial charge in [-0.15, -0.1) is 0 Å². The monoisotopic (exact) mass is 1440 g/mol. The van der Waals surface area contributed by atoms with Gasteiger partial charge in [0.2, 0.25) is 23.6 Å². The van der Waals surface area contributed by atoms with Crippen LogP contribution in [0.15, 0.2) is 180 Å². The van der Waals surface area contributed by atoms with Gasteiger partial charge in [-0.1, -0.05) is 126 Å². The quantitative estimate of drug-likeness (QED) is 0.0265. The molecule has 0 bridgehead atoms. The molecule has 0 spiro atoms. The Morgan fingerprint density at radius 3 is 1.63 bits per heavy atom. The predicted molar refractivity (Wildman–Crippen MR) is 409 cm³/mol. The number of carboxylic acids is 3. The van der Waals surface area contributed by atoms with Crippen LogP contribution >= 0.6 is 0 Å². The molecule has 0 saturated carbocycles. The van der Waals surface area contributed by atoms with Crippen LogP contribution < -0.4 is 31.8 Å². The lowest BCUT2D eigenvalue weighted by Crippen LogP contribution is -2.54. The third kappa shape index (κ3) is 21.8. The summed E-state index contributed by atoms with van der Waals surface area (Å²) in [6.45, 7) is 20.4. The van der Waals surface area contributed by atoms with Crippen molar-refractivity contribution >= 4 is 52.4 Å². The zero-order valence-corrected chi connectivity index (χ0v) is 62.2. The Morgan fingerprint density at radius 2 is 1.08 bits per heavy atom. The number of nitrogens with one attached hydrogen (secondary N) is 3. The minimum atomic E-state index is -1.05. The van der Waals surface area contributed by atoms with Gasteiger partial charge in [-0.3, -0.25) is 57.7 Å². The number of aliphatic carboxylic acids is 3. The van der Waals surface area contributed by atoms with E-state index in [1.807, 2.05) is 146 Å². The molecular formula is C84H97N9O13. The molecule has 1 aliphatic rings. The van der Waals surface area contributed by atoms with Crippen LogP contribution in [-0.2, 0) is 40.1 Å². The first-order valence-electron chi connectivity index (χ1n) is 35.9. The molecule has 0 radical (unpaired) electrons. The van der Waals surface area contributed by atoms with Gasteiger partial charge in [-0.25, -0.2) is 4.98 Å². The van der Waals surface area contributed by atoms with E-state index in [2.05, 4.69) is 37.8 Å². The van der Waals surface area contributed by atoms with E-state index in [1.54, 1.807) is 86.3 Å². The Labute approximate surface area is 618 Å². The van der Waals surface area contributed by atoms with E-state index in [0.29, 0.717) is 65.1 Å². The summed E-state index contributed by atoms with van der Waals surface area (Å²) >= 11 is 0. The molecule has 106 heavy (non-hydrogen) atoms. The van der Waals surface area contributed by atoms with E-state index in [4.69, 9.17) is 4.74 Å². The van der Waals surface area contributed by atoms with E-state index in [-0.39, 0.29) is 60.6 Å². The fourth-order valence-electron chi connectivity index (χ4n) is 13.7. The topological polar surface area (TPSA) is 311 Å². The lowest BCUT2D eigenvalue weighted by atomic mass is 9.90. The molecule has 1 saturated heterocycles. The Bertz CT molecular complexity index is 4700. The highest BCUT2D eigenvalue weighted by Gasteiger charge is 2.37. The highest BCUT2D eigenvalue weighted by atomic mass is 16.5. The Kier molecular flexibility index (Phi) is 28.7. The number of carboxylic acid groups (broad SMARTS) is 3. The number of aromatic nitrogens is 5. The minimum absolute atomic E-state index is 0.00151. The van der Waals surface area contributed by atoms with Gasteiger partial charge in [-0.05, 0) is 182 Å². The molecule has 22 heteroatoms. The molecule has 0 aliphatic carbocycles. The molecule has 556 valence electrons. The van der Waals surface area contributed by atoms with Crippen molar-refractivity contribution in [2.45, 2.75) is 164 Å². The van der Waals surface area contributed by atoms with Gasteiger partial charge in [0.05, 0.1) is 61.7 Å². The van der Waals surface area contributed by atoms with Crippen LogP contribution in [-0.4, -0.2) is 106 Å². The van der Waals surface area contributed by atoms with Crippen molar-refractivity contribution in [2.24, 2.45) is 17.8 Å². The number of likely N-dealkylation sites (tertiary alicyclic amines) is 1. The van der Waals surface area contributed by atoms with Crippen molar-refractivity contribution in [3.8, 4) is 39.1 Å². The van der Waals surface area contributed by atoms with E-state index in [0.717, 1.165) is 80.5 Å². The molecule has 22 nitrogen and oxygen atoms in total. The van der Waals surface area contributed by atoms with Gasteiger partial charge in [0.25, 0.3) is 11.1 Å². The summed E-state index contributed by atoms with van der Waals surface area (Å²) in [7, 11) is 1.59. The molecular weight excluding hydrogens is 1340 g/mol. The molecule has 6 N–H and O–H groups in total.